The lowest BCUT2D eigenvalue weighted by Gasteiger charge is -2.12. The van der Waals surface area contributed by atoms with Gasteiger partial charge in [0.1, 0.15) is 6.33 Å². The van der Waals surface area contributed by atoms with Gasteiger partial charge in [-0.1, -0.05) is 24.3 Å². The maximum atomic E-state index is 12.5. The number of hydrogen-bond acceptors (Lipinski definition) is 5. The average molecular weight is 473 g/mol. The predicted molar refractivity (Wildman–Crippen MR) is 134 cm³/mol. The molecule has 0 bridgehead atoms. The Bertz CT molecular complexity index is 1310. The van der Waals surface area contributed by atoms with Gasteiger partial charge in [-0.05, 0) is 61.9 Å². The molecule has 0 unspecified atom stereocenters. The molecule has 4 aromatic rings. The van der Waals surface area contributed by atoms with E-state index in [1.54, 1.807) is 24.5 Å². The molecule has 1 aromatic heterocycles. The lowest BCUT2D eigenvalue weighted by atomic mass is 10.2. The van der Waals surface area contributed by atoms with Crippen molar-refractivity contribution in [1.29, 1.82) is 0 Å². The quantitative estimate of drug-likeness (QED) is 0.365. The molecule has 2 amide bonds. The van der Waals surface area contributed by atoms with Gasteiger partial charge in [0.25, 0.3) is 5.91 Å². The van der Waals surface area contributed by atoms with Gasteiger partial charge >= 0.3 is 0 Å². The topological polar surface area (TPSA) is 94.5 Å². The highest BCUT2D eigenvalue weighted by Gasteiger charge is 2.13. The van der Waals surface area contributed by atoms with Crippen molar-refractivity contribution in [1.82, 2.24) is 20.2 Å². The number of fused-ring (bicyclic) bond motifs is 1. The Morgan fingerprint density at radius 1 is 0.886 bits per heavy atom. The molecule has 2 N–H and O–H groups in total. The van der Waals surface area contributed by atoms with E-state index in [1.165, 1.54) is 0 Å². The Kier molecular flexibility index (Phi) is 7.62. The van der Waals surface area contributed by atoms with Crippen molar-refractivity contribution >= 4 is 22.8 Å². The van der Waals surface area contributed by atoms with Crippen LogP contribution in [-0.2, 0) is 11.3 Å². The summed E-state index contributed by atoms with van der Waals surface area (Å²) in [6.07, 6.45) is 1.80. The molecule has 3 aromatic carbocycles. The molecule has 0 saturated heterocycles. The fourth-order valence-electron chi connectivity index (χ4n) is 3.66. The molecule has 8 nitrogen and oxygen atoms in total. The van der Waals surface area contributed by atoms with Crippen LogP contribution in [0.4, 0.5) is 0 Å². The van der Waals surface area contributed by atoms with E-state index in [2.05, 4.69) is 15.6 Å². The van der Waals surface area contributed by atoms with Crippen LogP contribution in [0.5, 0.6) is 11.5 Å². The lowest BCUT2D eigenvalue weighted by molar-refractivity contribution is -0.120. The van der Waals surface area contributed by atoms with Crippen LogP contribution in [0, 0.1) is 0 Å². The zero-order valence-electron chi connectivity index (χ0n) is 19.8. The maximum Gasteiger partial charge on any atom is 0.251 e. The summed E-state index contributed by atoms with van der Waals surface area (Å²) in [5.74, 6) is 0.439. The second-order valence-corrected chi connectivity index (χ2v) is 7.76. The standard InChI is InChI=1S/C27H28N4O4/c1-3-34-24-14-11-20(15-25(24)35-4-2)27(33)29-17-26(32)28-16-19-9-12-21(13-10-19)31-18-30-22-7-5-6-8-23(22)31/h5-15,18H,3-4,16-17H2,1-2H3,(H,28,32)(H,29,33). The molecule has 180 valence electrons. The second kappa shape index (κ2) is 11.2. The number of nitrogens with zero attached hydrogens (tertiary/aromatic N) is 2. The number of carbonyl (C=O) groups excluding carboxylic acids is 2. The molecular formula is C27H28N4O4. The minimum atomic E-state index is -0.360. The first-order valence-electron chi connectivity index (χ1n) is 11.5. The number of benzene rings is 3. The fraction of sp³-hybridized carbons (Fsp3) is 0.222. The number of aromatic nitrogens is 2. The number of rotatable bonds is 10. The zero-order chi connectivity index (χ0) is 24.6. The molecule has 0 aliphatic carbocycles. The highest BCUT2D eigenvalue weighted by atomic mass is 16.5. The van der Waals surface area contributed by atoms with Crippen LogP contribution < -0.4 is 20.1 Å². The van der Waals surface area contributed by atoms with Crippen LogP contribution in [0.15, 0.2) is 73.1 Å². The van der Waals surface area contributed by atoms with Crippen LogP contribution in [0.2, 0.25) is 0 Å². The van der Waals surface area contributed by atoms with Crippen molar-refractivity contribution in [2.45, 2.75) is 20.4 Å². The van der Waals surface area contributed by atoms with E-state index in [1.807, 2.05) is 66.9 Å². The minimum absolute atomic E-state index is 0.130. The van der Waals surface area contributed by atoms with E-state index in [0.717, 1.165) is 22.3 Å². The molecule has 1 heterocycles. The highest BCUT2D eigenvalue weighted by Crippen LogP contribution is 2.28. The first-order chi connectivity index (χ1) is 17.1. The van der Waals surface area contributed by atoms with Crippen LogP contribution in [-0.4, -0.2) is 41.1 Å². The van der Waals surface area contributed by atoms with E-state index >= 15 is 0 Å². The van der Waals surface area contributed by atoms with E-state index in [4.69, 9.17) is 9.47 Å². The Labute approximate surface area is 203 Å². The third-order valence-corrected chi connectivity index (χ3v) is 5.37. The number of para-hydroxylation sites is 2. The Hall–Kier alpha value is -4.33. The van der Waals surface area contributed by atoms with Crippen molar-refractivity contribution < 1.29 is 19.1 Å². The smallest absolute Gasteiger partial charge is 0.251 e. The molecule has 0 aliphatic heterocycles. The molecule has 35 heavy (non-hydrogen) atoms. The summed E-state index contributed by atoms with van der Waals surface area (Å²) < 4.78 is 13.1. The molecule has 4 rings (SSSR count). The molecule has 0 fully saturated rings. The Morgan fingerprint density at radius 2 is 1.63 bits per heavy atom. The number of nitrogens with one attached hydrogen (secondary N) is 2. The molecule has 0 spiro atoms. The van der Waals surface area contributed by atoms with Crippen molar-refractivity contribution in [2.75, 3.05) is 19.8 Å². The van der Waals surface area contributed by atoms with Crippen LogP contribution in [0.1, 0.15) is 29.8 Å². The monoisotopic (exact) mass is 472 g/mol. The van der Waals surface area contributed by atoms with E-state index in [0.29, 0.717) is 36.8 Å². The first kappa shape index (κ1) is 23.8. The SMILES string of the molecule is CCOc1ccc(C(=O)NCC(=O)NCc2ccc(-n3cnc4ccccc43)cc2)cc1OCC. The van der Waals surface area contributed by atoms with Crippen molar-refractivity contribution in [3.8, 4) is 17.2 Å². The van der Waals surface area contributed by atoms with Gasteiger partial charge in [0.15, 0.2) is 11.5 Å². The predicted octanol–water partition coefficient (Wildman–Crippen LogP) is 3.87. The van der Waals surface area contributed by atoms with Gasteiger partial charge in [0.2, 0.25) is 5.91 Å². The minimum Gasteiger partial charge on any atom is -0.490 e. The van der Waals surface area contributed by atoms with Gasteiger partial charge < -0.3 is 20.1 Å². The number of ether oxygens (including phenoxy) is 2. The van der Waals surface area contributed by atoms with E-state index in [9.17, 15) is 9.59 Å². The third kappa shape index (κ3) is 5.78. The second-order valence-electron chi connectivity index (χ2n) is 7.76. The van der Waals surface area contributed by atoms with Crippen molar-refractivity contribution in [3.05, 3.63) is 84.2 Å². The van der Waals surface area contributed by atoms with Crippen molar-refractivity contribution in [3.63, 3.8) is 0 Å². The summed E-state index contributed by atoms with van der Waals surface area (Å²) in [6.45, 7) is 4.92. The van der Waals surface area contributed by atoms with Crippen LogP contribution in [0.25, 0.3) is 16.7 Å². The summed E-state index contributed by atoms with van der Waals surface area (Å²) in [6, 6.07) is 20.8. The number of imidazole rings is 1. The Balaban J connectivity index is 1.29. The lowest BCUT2D eigenvalue weighted by Crippen LogP contribution is -2.36. The van der Waals surface area contributed by atoms with Gasteiger partial charge in [-0.3, -0.25) is 14.2 Å². The zero-order valence-corrected chi connectivity index (χ0v) is 19.8. The summed E-state index contributed by atoms with van der Waals surface area (Å²) in [5.41, 5.74) is 4.30. The normalized spacial score (nSPS) is 10.7. The maximum absolute atomic E-state index is 12.5. The average Bonchev–Trinajstić information content (AvgIpc) is 3.32. The van der Waals surface area contributed by atoms with Crippen molar-refractivity contribution in [2.24, 2.45) is 0 Å². The van der Waals surface area contributed by atoms with Gasteiger partial charge in [-0.15, -0.1) is 0 Å². The van der Waals surface area contributed by atoms with Crippen LogP contribution in [0.3, 0.4) is 0 Å². The van der Waals surface area contributed by atoms with E-state index < -0.39 is 0 Å². The van der Waals surface area contributed by atoms with Gasteiger partial charge in [0, 0.05) is 17.8 Å². The van der Waals surface area contributed by atoms with E-state index in [-0.39, 0.29) is 18.4 Å². The van der Waals surface area contributed by atoms with Gasteiger partial charge in [-0.25, -0.2) is 4.98 Å². The molecule has 8 heteroatoms. The van der Waals surface area contributed by atoms with Gasteiger partial charge in [0.05, 0.1) is 30.8 Å². The molecular weight excluding hydrogens is 444 g/mol. The molecule has 0 aliphatic rings. The summed E-state index contributed by atoms with van der Waals surface area (Å²) >= 11 is 0. The number of amides is 2. The molecule has 0 saturated carbocycles. The summed E-state index contributed by atoms with van der Waals surface area (Å²) in [7, 11) is 0. The fourth-order valence-corrected chi connectivity index (χ4v) is 3.66. The molecule has 0 atom stereocenters. The number of hydrogen-bond donors (Lipinski definition) is 2. The Morgan fingerprint density at radius 3 is 2.40 bits per heavy atom. The number of carbonyl (C=O) groups is 2. The highest BCUT2D eigenvalue weighted by molar-refractivity contribution is 5.97. The van der Waals surface area contributed by atoms with Crippen LogP contribution >= 0.6 is 0 Å². The summed E-state index contributed by atoms with van der Waals surface area (Å²) in [5, 5.41) is 5.47. The largest absolute Gasteiger partial charge is 0.490 e. The third-order valence-electron chi connectivity index (χ3n) is 5.37. The summed E-state index contributed by atoms with van der Waals surface area (Å²) in [4.78, 5) is 29.2. The molecule has 0 radical (unpaired) electrons. The first-order valence-corrected chi connectivity index (χ1v) is 11.5. The van der Waals surface area contributed by atoms with Gasteiger partial charge in [-0.2, -0.15) is 0 Å².